The van der Waals surface area contributed by atoms with E-state index in [1.165, 1.54) is 12.1 Å². The standard InChI is InChI=1S/C24H23ClFNO4/c25-19-4-8-22(9-5-19)29-15-21(28)14-27(12-17-1-6-20(26)7-2-17)13-18-3-10-23-24(11-18)31-16-30-23/h1-11,21,28H,12-16H2/t21-/m1/s1. The minimum absolute atomic E-state index is 0.142. The first-order valence-corrected chi connectivity index (χ1v) is 10.3. The summed E-state index contributed by atoms with van der Waals surface area (Å²) >= 11 is 5.89. The lowest BCUT2D eigenvalue weighted by Gasteiger charge is -2.25. The number of fused-ring (bicyclic) bond motifs is 1. The Bertz CT molecular complexity index is 997. The largest absolute Gasteiger partial charge is 0.491 e. The van der Waals surface area contributed by atoms with E-state index in [2.05, 4.69) is 4.90 Å². The summed E-state index contributed by atoms with van der Waals surface area (Å²) in [5.74, 6) is 1.81. The summed E-state index contributed by atoms with van der Waals surface area (Å²) < 4.78 is 29.8. The molecule has 5 nitrogen and oxygen atoms in total. The van der Waals surface area contributed by atoms with Gasteiger partial charge in [0.25, 0.3) is 0 Å². The molecule has 3 aromatic carbocycles. The van der Waals surface area contributed by atoms with Crippen LogP contribution < -0.4 is 14.2 Å². The van der Waals surface area contributed by atoms with Crippen LogP contribution in [-0.4, -0.2) is 36.1 Å². The molecule has 1 aliphatic heterocycles. The molecule has 0 bridgehead atoms. The van der Waals surface area contributed by atoms with Crippen LogP contribution in [0.3, 0.4) is 0 Å². The average molecular weight is 444 g/mol. The molecule has 0 radical (unpaired) electrons. The normalized spacial score (nSPS) is 13.4. The van der Waals surface area contributed by atoms with Gasteiger partial charge in [-0.2, -0.15) is 0 Å². The highest BCUT2D eigenvalue weighted by Crippen LogP contribution is 2.33. The van der Waals surface area contributed by atoms with E-state index in [-0.39, 0.29) is 19.2 Å². The predicted octanol–water partition coefficient (Wildman–Crippen LogP) is 4.65. The Kier molecular flexibility index (Phi) is 6.92. The molecule has 0 aliphatic carbocycles. The maximum atomic E-state index is 13.3. The van der Waals surface area contributed by atoms with Crippen LogP contribution in [0.2, 0.25) is 5.02 Å². The van der Waals surface area contributed by atoms with Gasteiger partial charge in [-0.1, -0.05) is 29.8 Å². The van der Waals surface area contributed by atoms with Gasteiger partial charge in [0.05, 0.1) is 0 Å². The maximum absolute atomic E-state index is 13.3. The fourth-order valence-electron chi connectivity index (χ4n) is 3.40. The number of hydrogen-bond donors (Lipinski definition) is 1. The van der Waals surface area contributed by atoms with Crippen molar-refractivity contribution in [3.8, 4) is 17.2 Å². The quantitative estimate of drug-likeness (QED) is 0.521. The summed E-state index contributed by atoms with van der Waals surface area (Å²) in [6, 6.07) is 19.2. The second-order valence-electron chi connectivity index (χ2n) is 7.40. The van der Waals surface area contributed by atoms with Crippen LogP contribution >= 0.6 is 11.6 Å². The molecule has 0 aromatic heterocycles. The molecule has 1 N–H and O–H groups in total. The lowest BCUT2D eigenvalue weighted by molar-refractivity contribution is 0.0628. The fraction of sp³-hybridized carbons (Fsp3) is 0.250. The minimum Gasteiger partial charge on any atom is -0.491 e. The molecular weight excluding hydrogens is 421 g/mol. The fourth-order valence-corrected chi connectivity index (χ4v) is 3.53. The Morgan fingerprint density at radius 2 is 1.61 bits per heavy atom. The SMILES string of the molecule is O[C@@H](COc1ccc(Cl)cc1)CN(Cc1ccc(F)cc1)Cc1ccc2c(c1)OCO2. The van der Waals surface area contributed by atoms with Crippen molar-refractivity contribution in [3.63, 3.8) is 0 Å². The molecule has 0 unspecified atom stereocenters. The molecule has 1 aliphatic rings. The maximum Gasteiger partial charge on any atom is 0.231 e. The number of benzene rings is 3. The summed E-state index contributed by atoms with van der Waals surface area (Å²) in [5, 5.41) is 11.2. The highest BCUT2D eigenvalue weighted by molar-refractivity contribution is 6.30. The number of halogens is 2. The van der Waals surface area contributed by atoms with Crippen molar-refractivity contribution in [2.45, 2.75) is 19.2 Å². The van der Waals surface area contributed by atoms with Gasteiger partial charge < -0.3 is 19.3 Å². The number of ether oxygens (including phenoxy) is 3. The predicted molar refractivity (Wildman–Crippen MR) is 116 cm³/mol. The van der Waals surface area contributed by atoms with Crippen LogP contribution in [0.1, 0.15) is 11.1 Å². The second-order valence-corrected chi connectivity index (χ2v) is 7.84. The average Bonchev–Trinajstić information content (AvgIpc) is 3.23. The Hall–Kier alpha value is -2.80. The number of rotatable bonds is 9. The molecule has 31 heavy (non-hydrogen) atoms. The zero-order chi connectivity index (χ0) is 21.6. The van der Waals surface area contributed by atoms with E-state index >= 15 is 0 Å². The first kappa shape index (κ1) is 21.4. The first-order valence-electron chi connectivity index (χ1n) is 9.97. The highest BCUT2D eigenvalue weighted by atomic mass is 35.5. The molecule has 1 atom stereocenters. The number of hydrogen-bond acceptors (Lipinski definition) is 5. The van der Waals surface area contributed by atoms with Gasteiger partial charge in [0.2, 0.25) is 6.79 Å². The van der Waals surface area contributed by atoms with E-state index in [4.69, 9.17) is 25.8 Å². The van der Waals surface area contributed by atoms with Crippen molar-refractivity contribution in [1.82, 2.24) is 4.90 Å². The molecule has 0 fully saturated rings. The monoisotopic (exact) mass is 443 g/mol. The van der Waals surface area contributed by atoms with E-state index < -0.39 is 6.10 Å². The van der Waals surface area contributed by atoms with Crippen molar-refractivity contribution in [3.05, 3.63) is 88.7 Å². The van der Waals surface area contributed by atoms with Crippen LogP contribution in [0.5, 0.6) is 17.2 Å². The van der Waals surface area contributed by atoms with Gasteiger partial charge in [-0.15, -0.1) is 0 Å². The second kappa shape index (κ2) is 10.0. The van der Waals surface area contributed by atoms with Gasteiger partial charge in [0.15, 0.2) is 11.5 Å². The Balaban J connectivity index is 1.42. The third-order valence-electron chi connectivity index (χ3n) is 4.89. The molecular formula is C24H23ClFNO4. The van der Waals surface area contributed by atoms with Crippen molar-refractivity contribution >= 4 is 11.6 Å². The van der Waals surface area contributed by atoms with Crippen LogP contribution in [0.15, 0.2) is 66.7 Å². The topological polar surface area (TPSA) is 51.2 Å². The number of nitrogens with zero attached hydrogens (tertiary/aromatic N) is 1. The molecule has 162 valence electrons. The Morgan fingerprint density at radius 3 is 2.39 bits per heavy atom. The van der Waals surface area contributed by atoms with Crippen molar-refractivity contribution in [2.24, 2.45) is 0 Å². The van der Waals surface area contributed by atoms with Crippen molar-refractivity contribution in [2.75, 3.05) is 19.9 Å². The van der Waals surface area contributed by atoms with Gasteiger partial charge in [0.1, 0.15) is 24.3 Å². The van der Waals surface area contributed by atoms with E-state index in [1.807, 2.05) is 18.2 Å². The summed E-state index contributed by atoms with van der Waals surface area (Å²) in [7, 11) is 0. The molecule has 1 heterocycles. The minimum atomic E-state index is -0.717. The Labute approximate surface area is 185 Å². The molecule has 3 aromatic rings. The van der Waals surface area contributed by atoms with Crippen LogP contribution in [0, 0.1) is 5.82 Å². The molecule has 0 saturated heterocycles. The zero-order valence-electron chi connectivity index (χ0n) is 16.8. The molecule has 0 amide bonds. The number of aliphatic hydroxyl groups is 1. The van der Waals surface area contributed by atoms with Crippen molar-refractivity contribution < 1.29 is 23.7 Å². The smallest absolute Gasteiger partial charge is 0.231 e. The van der Waals surface area contributed by atoms with Crippen LogP contribution in [0.25, 0.3) is 0 Å². The number of aliphatic hydroxyl groups excluding tert-OH is 1. The Morgan fingerprint density at radius 1 is 0.935 bits per heavy atom. The summed E-state index contributed by atoms with van der Waals surface area (Å²) in [6.45, 7) is 1.86. The van der Waals surface area contributed by atoms with Gasteiger partial charge >= 0.3 is 0 Å². The van der Waals surface area contributed by atoms with Gasteiger partial charge in [-0.25, -0.2) is 4.39 Å². The van der Waals surface area contributed by atoms with Gasteiger partial charge in [0, 0.05) is 24.7 Å². The first-order chi connectivity index (χ1) is 15.0. The molecule has 4 rings (SSSR count). The lowest BCUT2D eigenvalue weighted by Crippen LogP contribution is -2.35. The van der Waals surface area contributed by atoms with Crippen molar-refractivity contribution in [1.29, 1.82) is 0 Å². The van der Waals surface area contributed by atoms with Gasteiger partial charge in [-0.3, -0.25) is 4.90 Å². The molecule has 0 saturated carbocycles. The van der Waals surface area contributed by atoms with Gasteiger partial charge in [-0.05, 0) is 59.7 Å². The van der Waals surface area contributed by atoms with E-state index in [1.54, 1.807) is 36.4 Å². The summed E-state index contributed by atoms with van der Waals surface area (Å²) in [5.41, 5.74) is 1.98. The summed E-state index contributed by atoms with van der Waals surface area (Å²) in [4.78, 5) is 2.08. The molecule has 0 spiro atoms. The van der Waals surface area contributed by atoms with E-state index in [9.17, 15) is 9.50 Å². The van der Waals surface area contributed by atoms with E-state index in [0.717, 1.165) is 16.9 Å². The van der Waals surface area contributed by atoms with Crippen LogP contribution in [0.4, 0.5) is 4.39 Å². The molecule has 7 heteroatoms. The van der Waals surface area contributed by atoms with Crippen LogP contribution in [-0.2, 0) is 13.1 Å². The third-order valence-corrected chi connectivity index (χ3v) is 5.14. The van der Waals surface area contributed by atoms with E-state index in [0.29, 0.717) is 36.2 Å². The zero-order valence-corrected chi connectivity index (χ0v) is 17.6. The lowest BCUT2D eigenvalue weighted by atomic mass is 10.1. The summed E-state index contributed by atoms with van der Waals surface area (Å²) in [6.07, 6.45) is -0.717. The highest BCUT2D eigenvalue weighted by Gasteiger charge is 2.17. The third kappa shape index (κ3) is 6.10.